The van der Waals surface area contributed by atoms with Gasteiger partial charge in [-0.3, -0.25) is 0 Å². The van der Waals surface area contributed by atoms with E-state index >= 15 is 0 Å². The van der Waals surface area contributed by atoms with Gasteiger partial charge in [-0.05, 0) is 26.3 Å². The number of methoxy groups -OCH3 is 1. The number of azide groups is 1. The van der Waals surface area contributed by atoms with Crippen LogP contribution in [0.1, 0.15) is 20.8 Å². The van der Waals surface area contributed by atoms with Gasteiger partial charge in [0.1, 0.15) is 12.2 Å². The molecule has 2 aliphatic rings. The van der Waals surface area contributed by atoms with E-state index in [-0.39, 0.29) is 18.3 Å². The smallest absolute Gasteiger partial charge is 0.186 e. The van der Waals surface area contributed by atoms with Crippen LogP contribution in [-0.4, -0.2) is 43.5 Å². The standard InChI is InChI=1S/C10H17N3O4/c1-5-6(12-13-11)7-8(9(14-4)15-5)17-10(2,3)16-7/h5-9H,1-4H3/t5-,6-,7+,8+,9+/m0/s1. The van der Waals surface area contributed by atoms with Crippen LogP contribution in [0, 0.1) is 0 Å². The van der Waals surface area contributed by atoms with E-state index in [0.29, 0.717) is 0 Å². The molecule has 0 aromatic rings. The van der Waals surface area contributed by atoms with Crippen molar-refractivity contribution in [3.8, 4) is 0 Å². The lowest BCUT2D eigenvalue weighted by atomic mass is 9.98. The molecule has 7 heteroatoms. The summed E-state index contributed by atoms with van der Waals surface area (Å²) in [6.07, 6.45) is -1.48. The van der Waals surface area contributed by atoms with Gasteiger partial charge in [0.05, 0.1) is 12.1 Å². The monoisotopic (exact) mass is 243 g/mol. The molecule has 0 radical (unpaired) electrons. The molecule has 2 fully saturated rings. The van der Waals surface area contributed by atoms with Gasteiger partial charge in [0.25, 0.3) is 0 Å². The normalized spacial score (nSPS) is 43.9. The van der Waals surface area contributed by atoms with E-state index < -0.39 is 18.1 Å². The molecule has 5 atom stereocenters. The van der Waals surface area contributed by atoms with E-state index in [1.165, 1.54) is 0 Å². The van der Waals surface area contributed by atoms with Crippen LogP contribution >= 0.6 is 0 Å². The van der Waals surface area contributed by atoms with Crippen molar-refractivity contribution < 1.29 is 18.9 Å². The van der Waals surface area contributed by atoms with E-state index in [0.717, 1.165) is 0 Å². The van der Waals surface area contributed by atoms with E-state index in [4.69, 9.17) is 24.5 Å². The Bertz CT molecular complexity index is 342. The highest BCUT2D eigenvalue weighted by molar-refractivity contribution is 4.98. The fourth-order valence-electron chi connectivity index (χ4n) is 2.34. The van der Waals surface area contributed by atoms with Crippen LogP contribution in [0.5, 0.6) is 0 Å². The molecule has 0 aromatic carbocycles. The Labute approximate surface area is 99.6 Å². The van der Waals surface area contributed by atoms with Gasteiger partial charge in [0.2, 0.25) is 0 Å². The lowest BCUT2D eigenvalue weighted by Gasteiger charge is -2.38. The molecule has 0 saturated carbocycles. The highest BCUT2D eigenvalue weighted by Crippen LogP contribution is 2.38. The second kappa shape index (κ2) is 4.44. The molecule has 2 heterocycles. The first-order valence-corrected chi connectivity index (χ1v) is 5.56. The van der Waals surface area contributed by atoms with Crippen molar-refractivity contribution in [3.05, 3.63) is 10.4 Å². The zero-order valence-corrected chi connectivity index (χ0v) is 10.4. The third kappa shape index (κ3) is 2.25. The molecular formula is C10H17N3O4. The minimum Gasteiger partial charge on any atom is -0.353 e. The Morgan fingerprint density at radius 1 is 1.29 bits per heavy atom. The van der Waals surface area contributed by atoms with Crippen molar-refractivity contribution in [2.24, 2.45) is 5.11 Å². The molecule has 2 aliphatic heterocycles. The van der Waals surface area contributed by atoms with E-state index in [1.54, 1.807) is 7.11 Å². The molecule has 0 N–H and O–H groups in total. The quantitative estimate of drug-likeness (QED) is 0.418. The van der Waals surface area contributed by atoms with Crippen LogP contribution in [0.25, 0.3) is 10.4 Å². The maximum atomic E-state index is 8.58. The average Bonchev–Trinajstić information content (AvgIpc) is 2.57. The van der Waals surface area contributed by atoms with Crippen molar-refractivity contribution >= 4 is 0 Å². The lowest BCUT2D eigenvalue weighted by Crippen LogP contribution is -2.54. The molecule has 7 nitrogen and oxygen atoms in total. The lowest BCUT2D eigenvalue weighted by molar-refractivity contribution is -0.242. The molecular weight excluding hydrogens is 226 g/mol. The molecule has 2 saturated heterocycles. The van der Waals surface area contributed by atoms with E-state index in [9.17, 15) is 0 Å². The SMILES string of the molecule is CO[C@@H]1O[C@@H](C)[C@H](N=[N+]=[N-])[C@H]2OC(C)(C)O[C@@H]12. The molecule has 0 spiro atoms. The van der Waals surface area contributed by atoms with Gasteiger partial charge in [-0.2, -0.15) is 0 Å². The number of fused-ring (bicyclic) bond motifs is 1. The Morgan fingerprint density at radius 2 is 1.94 bits per heavy atom. The van der Waals surface area contributed by atoms with Crippen LogP contribution in [0.4, 0.5) is 0 Å². The van der Waals surface area contributed by atoms with Crippen LogP contribution in [0.15, 0.2) is 5.11 Å². The predicted molar refractivity (Wildman–Crippen MR) is 58.1 cm³/mol. The van der Waals surface area contributed by atoms with Crippen LogP contribution < -0.4 is 0 Å². The molecule has 0 aromatic heterocycles. The fraction of sp³-hybridized carbons (Fsp3) is 1.00. The highest BCUT2D eigenvalue weighted by Gasteiger charge is 2.54. The molecule has 0 unspecified atom stereocenters. The summed E-state index contributed by atoms with van der Waals surface area (Å²) in [5.41, 5.74) is 8.58. The third-order valence-electron chi connectivity index (χ3n) is 3.02. The van der Waals surface area contributed by atoms with Gasteiger partial charge in [-0.25, -0.2) is 0 Å². The first-order chi connectivity index (χ1) is 7.98. The zero-order valence-electron chi connectivity index (χ0n) is 10.4. The Morgan fingerprint density at radius 3 is 2.53 bits per heavy atom. The van der Waals surface area contributed by atoms with Crippen LogP contribution in [-0.2, 0) is 18.9 Å². The highest BCUT2D eigenvalue weighted by atomic mass is 16.8. The molecule has 0 bridgehead atoms. The molecule has 96 valence electrons. The van der Waals surface area contributed by atoms with Crippen molar-refractivity contribution in [1.82, 2.24) is 0 Å². The number of ether oxygens (including phenoxy) is 4. The average molecular weight is 243 g/mol. The number of hydrogen-bond donors (Lipinski definition) is 0. The van der Waals surface area contributed by atoms with Gasteiger partial charge < -0.3 is 18.9 Å². The summed E-state index contributed by atoms with van der Waals surface area (Å²) in [7, 11) is 1.55. The predicted octanol–water partition coefficient (Wildman–Crippen LogP) is 1.58. The summed E-state index contributed by atoms with van der Waals surface area (Å²) in [5, 5.41) is 3.74. The molecule has 2 rings (SSSR count). The fourth-order valence-corrected chi connectivity index (χ4v) is 2.34. The zero-order chi connectivity index (χ0) is 12.6. The first kappa shape index (κ1) is 12.6. The first-order valence-electron chi connectivity index (χ1n) is 5.56. The van der Waals surface area contributed by atoms with Gasteiger partial charge in [0, 0.05) is 12.0 Å². The summed E-state index contributed by atoms with van der Waals surface area (Å²) >= 11 is 0. The second-order valence-corrected chi connectivity index (χ2v) is 4.71. The largest absolute Gasteiger partial charge is 0.353 e. The Hall–Kier alpha value is -0.850. The van der Waals surface area contributed by atoms with Gasteiger partial charge in [0.15, 0.2) is 12.1 Å². The summed E-state index contributed by atoms with van der Waals surface area (Å²) < 4.78 is 22.3. The maximum Gasteiger partial charge on any atom is 0.186 e. The van der Waals surface area contributed by atoms with Gasteiger partial charge >= 0.3 is 0 Å². The minimum atomic E-state index is -0.719. The topological polar surface area (TPSA) is 85.7 Å². The summed E-state index contributed by atoms with van der Waals surface area (Å²) in [6.45, 7) is 5.46. The summed E-state index contributed by atoms with van der Waals surface area (Å²) in [5.74, 6) is -0.719. The van der Waals surface area contributed by atoms with Gasteiger partial charge in [-0.1, -0.05) is 5.11 Å². The van der Waals surface area contributed by atoms with Crippen molar-refractivity contribution in [1.29, 1.82) is 0 Å². The Balaban J connectivity index is 2.26. The summed E-state index contributed by atoms with van der Waals surface area (Å²) in [4.78, 5) is 2.84. The second-order valence-electron chi connectivity index (χ2n) is 4.71. The Kier molecular flexibility index (Phi) is 3.29. The third-order valence-corrected chi connectivity index (χ3v) is 3.02. The van der Waals surface area contributed by atoms with Crippen LogP contribution in [0.3, 0.4) is 0 Å². The molecule has 0 aliphatic carbocycles. The molecule has 0 amide bonds. The van der Waals surface area contributed by atoms with Crippen LogP contribution in [0.2, 0.25) is 0 Å². The number of nitrogens with zero attached hydrogens (tertiary/aromatic N) is 3. The van der Waals surface area contributed by atoms with Crippen molar-refractivity contribution in [2.45, 2.75) is 57.2 Å². The van der Waals surface area contributed by atoms with E-state index in [1.807, 2.05) is 20.8 Å². The van der Waals surface area contributed by atoms with Gasteiger partial charge in [-0.15, -0.1) is 0 Å². The van der Waals surface area contributed by atoms with E-state index in [2.05, 4.69) is 10.0 Å². The minimum absolute atomic E-state index is 0.269. The summed E-state index contributed by atoms with van der Waals surface area (Å²) in [6, 6.07) is -0.404. The molecule has 17 heavy (non-hydrogen) atoms. The van der Waals surface area contributed by atoms with Crippen molar-refractivity contribution in [2.75, 3.05) is 7.11 Å². The van der Waals surface area contributed by atoms with Crippen molar-refractivity contribution in [3.63, 3.8) is 0 Å². The number of hydrogen-bond acceptors (Lipinski definition) is 5. The maximum absolute atomic E-state index is 8.58. The number of rotatable bonds is 2.